The van der Waals surface area contributed by atoms with Crippen LogP contribution in [0.2, 0.25) is 0 Å². The first kappa shape index (κ1) is 10.9. The zero-order valence-corrected chi connectivity index (χ0v) is 9.43. The summed E-state index contributed by atoms with van der Waals surface area (Å²) in [4.78, 5) is 4.03. The molecule has 0 saturated heterocycles. The molecule has 1 aromatic carbocycles. The molecule has 0 radical (unpaired) electrons. The van der Waals surface area contributed by atoms with Crippen molar-refractivity contribution in [1.29, 1.82) is 0 Å². The highest BCUT2D eigenvalue weighted by Gasteiger charge is 2.02. The fourth-order valence-corrected chi connectivity index (χ4v) is 1.81. The van der Waals surface area contributed by atoms with Gasteiger partial charge in [0.1, 0.15) is 0 Å². The number of aliphatic hydroxyl groups excluding tert-OH is 1. The Balaban J connectivity index is 2.05. The zero-order valence-electron chi connectivity index (χ0n) is 9.43. The molecule has 1 aromatic heterocycles. The van der Waals surface area contributed by atoms with E-state index < -0.39 is 0 Å². The number of nitrogens with zero attached hydrogens (tertiary/aromatic N) is 2. The van der Waals surface area contributed by atoms with E-state index in [4.69, 9.17) is 5.11 Å². The van der Waals surface area contributed by atoms with E-state index in [1.807, 2.05) is 4.57 Å². The molecule has 0 bridgehead atoms. The first-order valence-electron chi connectivity index (χ1n) is 5.45. The lowest BCUT2D eigenvalue weighted by molar-refractivity contribution is 0.270. The number of imidazole rings is 1. The largest absolute Gasteiger partial charge is 0.390 e. The van der Waals surface area contributed by atoms with Crippen molar-refractivity contribution in [2.45, 2.75) is 26.5 Å². The van der Waals surface area contributed by atoms with Gasteiger partial charge < -0.3 is 9.67 Å². The third kappa shape index (κ3) is 2.31. The SMILES string of the molecule is Cc1ccccc1CCn1cncc1CO. The maximum absolute atomic E-state index is 9.10. The monoisotopic (exact) mass is 216 g/mol. The molecule has 1 N–H and O–H groups in total. The van der Waals surface area contributed by atoms with Gasteiger partial charge >= 0.3 is 0 Å². The number of aryl methyl sites for hydroxylation is 3. The van der Waals surface area contributed by atoms with Gasteiger partial charge in [-0.3, -0.25) is 0 Å². The fraction of sp³-hybridized carbons (Fsp3) is 0.308. The van der Waals surface area contributed by atoms with Gasteiger partial charge in [0.2, 0.25) is 0 Å². The highest BCUT2D eigenvalue weighted by molar-refractivity contribution is 5.25. The normalized spacial score (nSPS) is 10.6. The van der Waals surface area contributed by atoms with Crippen molar-refractivity contribution in [3.05, 3.63) is 53.6 Å². The minimum absolute atomic E-state index is 0.0494. The third-order valence-electron chi connectivity index (χ3n) is 2.84. The van der Waals surface area contributed by atoms with E-state index in [9.17, 15) is 0 Å². The molecular weight excluding hydrogens is 200 g/mol. The fourth-order valence-electron chi connectivity index (χ4n) is 1.81. The maximum Gasteiger partial charge on any atom is 0.0948 e. The average molecular weight is 216 g/mol. The Kier molecular flexibility index (Phi) is 3.37. The number of hydrogen-bond donors (Lipinski definition) is 1. The van der Waals surface area contributed by atoms with Gasteiger partial charge in [0.15, 0.2) is 0 Å². The molecule has 0 aliphatic heterocycles. The maximum atomic E-state index is 9.10. The first-order chi connectivity index (χ1) is 7.81. The van der Waals surface area contributed by atoms with E-state index in [1.54, 1.807) is 12.5 Å². The second-order valence-corrected chi connectivity index (χ2v) is 3.91. The van der Waals surface area contributed by atoms with E-state index in [0.717, 1.165) is 18.7 Å². The molecule has 0 spiro atoms. The summed E-state index contributed by atoms with van der Waals surface area (Å²) in [6.07, 6.45) is 4.44. The minimum Gasteiger partial charge on any atom is -0.390 e. The number of aliphatic hydroxyl groups is 1. The van der Waals surface area contributed by atoms with Crippen molar-refractivity contribution >= 4 is 0 Å². The van der Waals surface area contributed by atoms with Crippen LogP contribution in [0.4, 0.5) is 0 Å². The minimum atomic E-state index is 0.0494. The highest BCUT2D eigenvalue weighted by atomic mass is 16.3. The number of rotatable bonds is 4. The number of hydrogen-bond acceptors (Lipinski definition) is 2. The second-order valence-electron chi connectivity index (χ2n) is 3.91. The van der Waals surface area contributed by atoms with Gasteiger partial charge in [-0.2, -0.15) is 0 Å². The van der Waals surface area contributed by atoms with Crippen molar-refractivity contribution in [2.75, 3.05) is 0 Å². The van der Waals surface area contributed by atoms with Crippen molar-refractivity contribution in [1.82, 2.24) is 9.55 Å². The van der Waals surface area contributed by atoms with E-state index in [2.05, 4.69) is 36.2 Å². The standard InChI is InChI=1S/C13H16N2O/c1-11-4-2-3-5-12(11)6-7-15-10-14-8-13(15)9-16/h2-5,8,10,16H,6-7,9H2,1H3. The molecule has 2 rings (SSSR count). The second kappa shape index (κ2) is 4.94. The molecule has 0 atom stereocenters. The molecule has 0 amide bonds. The Morgan fingerprint density at radius 2 is 2.12 bits per heavy atom. The predicted octanol–water partition coefficient (Wildman–Crippen LogP) is 1.93. The van der Waals surface area contributed by atoms with Crippen LogP contribution in [0, 0.1) is 6.92 Å². The molecule has 2 aromatic rings. The summed E-state index contributed by atoms with van der Waals surface area (Å²) in [5.74, 6) is 0. The summed E-state index contributed by atoms with van der Waals surface area (Å²) in [6.45, 7) is 3.03. The third-order valence-corrected chi connectivity index (χ3v) is 2.84. The summed E-state index contributed by atoms with van der Waals surface area (Å²) in [5, 5.41) is 9.10. The molecule has 16 heavy (non-hydrogen) atoms. The summed E-state index contributed by atoms with van der Waals surface area (Å²) >= 11 is 0. The molecule has 3 nitrogen and oxygen atoms in total. The molecular formula is C13H16N2O. The van der Waals surface area contributed by atoms with Gasteiger partial charge in [0.05, 0.1) is 24.8 Å². The van der Waals surface area contributed by atoms with Crippen molar-refractivity contribution in [3.63, 3.8) is 0 Å². The smallest absolute Gasteiger partial charge is 0.0948 e. The van der Waals surface area contributed by atoms with E-state index in [-0.39, 0.29) is 6.61 Å². The van der Waals surface area contributed by atoms with Crippen LogP contribution in [0.25, 0.3) is 0 Å². The lowest BCUT2D eigenvalue weighted by Crippen LogP contribution is -2.05. The first-order valence-corrected chi connectivity index (χ1v) is 5.45. The van der Waals surface area contributed by atoms with Crippen LogP contribution in [0.5, 0.6) is 0 Å². The molecule has 0 aliphatic carbocycles. The van der Waals surface area contributed by atoms with E-state index in [1.165, 1.54) is 11.1 Å². The number of benzene rings is 1. The summed E-state index contributed by atoms with van der Waals surface area (Å²) in [5.41, 5.74) is 3.53. The van der Waals surface area contributed by atoms with Crippen molar-refractivity contribution in [2.24, 2.45) is 0 Å². The van der Waals surface area contributed by atoms with Crippen LogP contribution in [-0.2, 0) is 19.6 Å². The van der Waals surface area contributed by atoms with Gasteiger partial charge in [0, 0.05) is 6.54 Å². The predicted molar refractivity (Wildman–Crippen MR) is 63.0 cm³/mol. The lowest BCUT2D eigenvalue weighted by atomic mass is 10.1. The Bertz CT molecular complexity index is 462. The molecule has 84 valence electrons. The average Bonchev–Trinajstić information content (AvgIpc) is 2.75. The van der Waals surface area contributed by atoms with Crippen LogP contribution >= 0.6 is 0 Å². The van der Waals surface area contributed by atoms with E-state index in [0.29, 0.717) is 0 Å². The Morgan fingerprint density at radius 3 is 2.88 bits per heavy atom. The molecule has 1 heterocycles. The molecule has 0 unspecified atom stereocenters. The van der Waals surface area contributed by atoms with Crippen molar-refractivity contribution < 1.29 is 5.11 Å². The van der Waals surface area contributed by atoms with Gasteiger partial charge in [-0.25, -0.2) is 4.98 Å². The van der Waals surface area contributed by atoms with Crippen LogP contribution in [0.15, 0.2) is 36.8 Å². The molecule has 3 heteroatoms. The Hall–Kier alpha value is -1.61. The summed E-state index contributed by atoms with van der Waals surface area (Å²) in [6, 6.07) is 8.37. The zero-order chi connectivity index (χ0) is 11.4. The Morgan fingerprint density at radius 1 is 1.31 bits per heavy atom. The number of aromatic nitrogens is 2. The Labute approximate surface area is 95.4 Å². The van der Waals surface area contributed by atoms with Crippen molar-refractivity contribution in [3.8, 4) is 0 Å². The van der Waals surface area contributed by atoms with Crippen LogP contribution in [-0.4, -0.2) is 14.7 Å². The van der Waals surface area contributed by atoms with E-state index >= 15 is 0 Å². The topological polar surface area (TPSA) is 38.0 Å². The molecule has 0 fully saturated rings. The summed E-state index contributed by atoms with van der Waals surface area (Å²) in [7, 11) is 0. The van der Waals surface area contributed by atoms with Gasteiger partial charge in [-0.15, -0.1) is 0 Å². The van der Waals surface area contributed by atoms with Gasteiger partial charge in [0.25, 0.3) is 0 Å². The van der Waals surface area contributed by atoms with Crippen LogP contribution < -0.4 is 0 Å². The molecule has 0 saturated carbocycles. The van der Waals surface area contributed by atoms with Crippen LogP contribution in [0.3, 0.4) is 0 Å². The van der Waals surface area contributed by atoms with Crippen LogP contribution in [0.1, 0.15) is 16.8 Å². The highest BCUT2D eigenvalue weighted by Crippen LogP contribution is 2.09. The quantitative estimate of drug-likeness (QED) is 0.848. The van der Waals surface area contributed by atoms with Gasteiger partial charge in [-0.1, -0.05) is 24.3 Å². The molecule has 0 aliphatic rings. The summed E-state index contributed by atoms with van der Waals surface area (Å²) < 4.78 is 1.99. The van der Waals surface area contributed by atoms with Gasteiger partial charge in [-0.05, 0) is 24.5 Å². The lowest BCUT2D eigenvalue weighted by Gasteiger charge is -2.08.